The summed E-state index contributed by atoms with van der Waals surface area (Å²) in [5.74, 6) is 0.496. The number of nitrogens with zero attached hydrogens (tertiary/aromatic N) is 5. The Morgan fingerprint density at radius 1 is 1.30 bits per heavy atom. The van der Waals surface area contributed by atoms with Gasteiger partial charge < -0.3 is 10.4 Å². The van der Waals surface area contributed by atoms with Crippen molar-refractivity contribution in [2.24, 2.45) is 0 Å². The zero-order valence-corrected chi connectivity index (χ0v) is 12.8. The van der Waals surface area contributed by atoms with Crippen LogP contribution in [-0.2, 0) is 6.54 Å². The highest BCUT2D eigenvalue weighted by Gasteiger charge is 2.12. The molecular formula is C14H13N7OS. The second-order valence-corrected chi connectivity index (χ2v) is 5.77. The Labute approximate surface area is 134 Å². The van der Waals surface area contributed by atoms with Crippen LogP contribution in [0.4, 0.5) is 11.6 Å². The zero-order valence-electron chi connectivity index (χ0n) is 12.0. The number of fused-ring (bicyclic) bond motifs is 1. The molecule has 9 heteroatoms. The Bertz CT molecular complexity index is 928. The lowest BCUT2D eigenvalue weighted by atomic mass is 10.2. The average molecular weight is 327 g/mol. The molecule has 0 unspecified atom stereocenters. The van der Waals surface area contributed by atoms with Gasteiger partial charge in [-0.1, -0.05) is 0 Å². The fraction of sp³-hybridized carbons (Fsp3) is 0.143. The van der Waals surface area contributed by atoms with E-state index in [0.717, 1.165) is 27.2 Å². The van der Waals surface area contributed by atoms with Crippen molar-refractivity contribution in [1.29, 1.82) is 0 Å². The van der Waals surface area contributed by atoms with Crippen LogP contribution in [0.15, 0.2) is 36.2 Å². The molecule has 3 N–H and O–H groups in total. The van der Waals surface area contributed by atoms with E-state index in [4.69, 9.17) is 5.11 Å². The SMILES string of the molecule is OCCn1cc(Nc2nc(-c3cn[nH]c3)c3sccc3n2)cn1. The maximum Gasteiger partial charge on any atom is 0.228 e. The van der Waals surface area contributed by atoms with Crippen LogP contribution >= 0.6 is 11.3 Å². The van der Waals surface area contributed by atoms with Crippen LogP contribution in [0.2, 0.25) is 0 Å². The van der Waals surface area contributed by atoms with Gasteiger partial charge in [0.15, 0.2) is 0 Å². The second-order valence-electron chi connectivity index (χ2n) is 4.86. The summed E-state index contributed by atoms with van der Waals surface area (Å²) in [6.45, 7) is 0.496. The van der Waals surface area contributed by atoms with Gasteiger partial charge in [0.05, 0.1) is 47.1 Å². The molecule has 23 heavy (non-hydrogen) atoms. The number of aliphatic hydroxyl groups is 1. The number of aromatic nitrogens is 6. The van der Waals surface area contributed by atoms with Crippen molar-refractivity contribution in [2.75, 3.05) is 11.9 Å². The molecule has 0 atom stereocenters. The van der Waals surface area contributed by atoms with Gasteiger partial charge in [0.1, 0.15) is 0 Å². The first kappa shape index (κ1) is 13.9. The molecule has 0 aliphatic heterocycles. The predicted octanol–water partition coefficient (Wildman–Crippen LogP) is 2.01. The van der Waals surface area contributed by atoms with Gasteiger partial charge in [-0.2, -0.15) is 10.2 Å². The standard InChI is InChI=1S/C14H13N7OS/c22-3-2-21-8-10(7-17-21)18-14-19-11-1-4-23-13(11)12(20-14)9-5-15-16-6-9/h1,4-8,22H,2-3H2,(H,15,16)(H,18,19,20). The van der Waals surface area contributed by atoms with Gasteiger partial charge in [-0.15, -0.1) is 11.3 Å². The van der Waals surface area contributed by atoms with E-state index in [-0.39, 0.29) is 6.61 Å². The van der Waals surface area contributed by atoms with Crippen LogP contribution in [0.5, 0.6) is 0 Å². The molecule has 4 aromatic rings. The Kier molecular flexibility index (Phi) is 3.48. The van der Waals surface area contributed by atoms with Gasteiger partial charge in [-0.25, -0.2) is 9.97 Å². The highest BCUT2D eigenvalue weighted by Crippen LogP contribution is 2.31. The van der Waals surface area contributed by atoms with Crippen molar-refractivity contribution < 1.29 is 5.11 Å². The Balaban J connectivity index is 1.72. The molecule has 116 valence electrons. The Hall–Kier alpha value is -2.78. The minimum absolute atomic E-state index is 0.0448. The first-order valence-electron chi connectivity index (χ1n) is 6.98. The van der Waals surface area contributed by atoms with E-state index in [0.29, 0.717) is 12.5 Å². The fourth-order valence-electron chi connectivity index (χ4n) is 2.28. The molecule has 0 saturated carbocycles. The van der Waals surface area contributed by atoms with Crippen LogP contribution in [0.25, 0.3) is 21.5 Å². The lowest BCUT2D eigenvalue weighted by Crippen LogP contribution is -2.02. The lowest BCUT2D eigenvalue weighted by molar-refractivity contribution is 0.269. The fourth-order valence-corrected chi connectivity index (χ4v) is 3.12. The average Bonchev–Trinajstić information content (AvgIpc) is 3.28. The Morgan fingerprint density at radius 2 is 2.26 bits per heavy atom. The molecule has 0 radical (unpaired) electrons. The molecule has 4 heterocycles. The maximum atomic E-state index is 8.94. The summed E-state index contributed by atoms with van der Waals surface area (Å²) in [4.78, 5) is 9.14. The number of aromatic amines is 1. The Morgan fingerprint density at radius 3 is 3.09 bits per heavy atom. The molecule has 0 bridgehead atoms. The number of rotatable bonds is 5. The third-order valence-corrected chi connectivity index (χ3v) is 4.20. The highest BCUT2D eigenvalue weighted by molar-refractivity contribution is 7.17. The number of anilines is 2. The normalized spacial score (nSPS) is 11.2. The van der Waals surface area contributed by atoms with Crippen LogP contribution in [0.1, 0.15) is 0 Å². The largest absolute Gasteiger partial charge is 0.394 e. The van der Waals surface area contributed by atoms with E-state index in [1.54, 1.807) is 34.6 Å². The summed E-state index contributed by atoms with van der Waals surface area (Å²) in [6, 6.07) is 1.96. The van der Waals surface area contributed by atoms with Gasteiger partial charge in [0.25, 0.3) is 0 Å². The number of aliphatic hydroxyl groups excluding tert-OH is 1. The third kappa shape index (κ3) is 2.67. The predicted molar refractivity (Wildman–Crippen MR) is 87.6 cm³/mol. The molecule has 0 aliphatic rings. The molecule has 0 spiro atoms. The van der Waals surface area contributed by atoms with E-state index in [9.17, 15) is 0 Å². The maximum absolute atomic E-state index is 8.94. The smallest absolute Gasteiger partial charge is 0.228 e. The van der Waals surface area contributed by atoms with Crippen LogP contribution in [-0.4, -0.2) is 41.7 Å². The molecule has 0 aliphatic carbocycles. The molecule has 8 nitrogen and oxygen atoms in total. The topological polar surface area (TPSA) is 105 Å². The van der Waals surface area contributed by atoms with Crippen molar-refractivity contribution in [3.63, 3.8) is 0 Å². The number of thiophene rings is 1. The number of H-pyrrole nitrogens is 1. The first-order chi connectivity index (χ1) is 11.3. The van der Waals surface area contributed by atoms with Crippen LogP contribution < -0.4 is 5.32 Å². The number of hydrogen-bond donors (Lipinski definition) is 3. The summed E-state index contributed by atoms with van der Waals surface area (Å²) in [5.41, 5.74) is 3.40. The summed E-state index contributed by atoms with van der Waals surface area (Å²) in [7, 11) is 0. The van der Waals surface area contributed by atoms with Crippen molar-refractivity contribution in [1.82, 2.24) is 29.9 Å². The molecule has 0 fully saturated rings. The molecule has 0 saturated heterocycles. The zero-order chi connectivity index (χ0) is 15.6. The van der Waals surface area contributed by atoms with E-state index >= 15 is 0 Å². The van der Waals surface area contributed by atoms with Crippen molar-refractivity contribution in [3.05, 3.63) is 36.2 Å². The highest BCUT2D eigenvalue weighted by atomic mass is 32.1. The minimum Gasteiger partial charge on any atom is -0.394 e. The van der Waals surface area contributed by atoms with Crippen molar-refractivity contribution in [2.45, 2.75) is 6.54 Å². The lowest BCUT2D eigenvalue weighted by Gasteiger charge is -2.05. The second kappa shape index (κ2) is 5.78. The van der Waals surface area contributed by atoms with E-state index in [1.165, 1.54) is 0 Å². The molecular weight excluding hydrogens is 314 g/mol. The molecule has 0 aromatic carbocycles. The van der Waals surface area contributed by atoms with Gasteiger partial charge in [-0.05, 0) is 11.4 Å². The first-order valence-corrected chi connectivity index (χ1v) is 7.86. The van der Waals surface area contributed by atoms with Gasteiger partial charge >= 0.3 is 0 Å². The summed E-state index contributed by atoms with van der Waals surface area (Å²) in [5, 5.41) is 25.0. The van der Waals surface area contributed by atoms with Gasteiger partial charge in [0, 0.05) is 18.0 Å². The molecule has 0 amide bonds. The minimum atomic E-state index is 0.0448. The van der Waals surface area contributed by atoms with E-state index in [2.05, 4.69) is 30.6 Å². The van der Waals surface area contributed by atoms with Gasteiger partial charge in [-0.3, -0.25) is 9.78 Å². The van der Waals surface area contributed by atoms with Crippen LogP contribution in [0.3, 0.4) is 0 Å². The van der Waals surface area contributed by atoms with Crippen LogP contribution in [0, 0.1) is 0 Å². The third-order valence-electron chi connectivity index (χ3n) is 3.29. The monoisotopic (exact) mass is 327 g/mol. The van der Waals surface area contributed by atoms with Crippen molar-refractivity contribution in [3.8, 4) is 11.3 Å². The van der Waals surface area contributed by atoms with Crippen molar-refractivity contribution >= 4 is 33.2 Å². The van der Waals surface area contributed by atoms with E-state index < -0.39 is 0 Å². The summed E-state index contributed by atoms with van der Waals surface area (Å²) in [6.07, 6.45) is 7.03. The van der Waals surface area contributed by atoms with E-state index in [1.807, 2.05) is 17.6 Å². The summed E-state index contributed by atoms with van der Waals surface area (Å²) >= 11 is 1.60. The molecule has 4 rings (SSSR count). The van der Waals surface area contributed by atoms with Gasteiger partial charge in [0.2, 0.25) is 5.95 Å². The number of hydrogen-bond acceptors (Lipinski definition) is 7. The quantitative estimate of drug-likeness (QED) is 0.518. The summed E-state index contributed by atoms with van der Waals surface area (Å²) < 4.78 is 2.68. The number of nitrogens with one attached hydrogen (secondary N) is 2. The molecule has 4 aromatic heterocycles.